The Bertz CT molecular complexity index is 1100. The van der Waals surface area contributed by atoms with E-state index in [1.807, 2.05) is 24.4 Å². The summed E-state index contributed by atoms with van der Waals surface area (Å²) in [4.78, 5) is 19.0. The van der Waals surface area contributed by atoms with Gasteiger partial charge in [-0.05, 0) is 48.2 Å². The highest BCUT2D eigenvalue weighted by Crippen LogP contribution is 2.37. The molecule has 1 aromatic heterocycles. The normalized spacial score (nSPS) is 15.2. The van der Waals surface area contributed by atoms with Crippen molar-refractivity contribution < 1.29 is 19.0 Å². The minimum absolute atomic E-state index is 0.0414. The monoisotopic (exact) mass is 479 g/mol. The van der Waals surface area contributed by atoms with Crippen LogP contribution in [0.15, 0.2) is 42.6 Å². The number of fused-ring (bicyclic) bond motifs is 1. The number of nitrogens with one attached hydrogen (secondary N) is 2. The summed E-state index contributed by atoms with van der Waals surface area (Å²) in [6, 6.07) is 12.2. The molecule has 1 amide bonds. The lowest BCUT2D eigenvalue weighted by molar-refractivity contribution is -0.121. The van der Waals surface area contributed by atoms with Crippen LogP contribution in [0.25, 0.3) is 10.9 Å². The molecule has 0 aliphatic carbocycles. The van der Waals surface area contributed by atoms with Crippen LogP contribution < -0.4 is 14.8 Å². The first kappa shape index (κ1) is 25.1. The minimum atomic E-state index is -0.140. The molecule has 1 fully saturated rings. The van der Waals surface area contributed by atoms with E-state index in [1.54, 1.807) is 14.2 Å². The summed E-state index contributed by atoms with van der Waals surface area (Å²) >= 11 is 0. The number of ether oxygens (including phenoxy) is 3. The fourth-order valence-corrected chi connectivity index (χ4v) is 4.87. The fourth-order valence-electron chi connectivity index (χ4n) is 4.87. The van der Waals surface area contributed by atoms with Gasteiger partial charge in [0.1, 0.15) is 11.5 Å². The van der Waals surface area contributed by atoms with Gasteiger partial charge in [-0.25, -0.2) is 0 Å². The summed E-state index contributed by atoms with van der Waals surface area (Å²) in [6.07, 6.45) is 4.26. The molecule has 1 saturated heterocycles. The highest BCUT2D eigenvalue weighted by Gasteiger charge is 2.23. The van der Waals surface area contributed by atoms with Crippen molar-refractivity contribution in [1.29, 1.82) is 0 Å². The summed E-state index contributed by atoms with van der Waals surface area (Å²) in [7, 11) is 3.29. The Morgan fingerprint density at radius 2 is 1.89 bits per heavy atom. The van der Waals surface area contributed by atoms with Crippen molar-refractivity contribution in [3.63, 3.8) is 0 Å². The average Bonchev–Trinajstić information content (AvgIpc) is 3.34. The predicted octanol–water partition coefficient (Wildman–Crippen LogP) is 4.11. The highest BCUT2D eigenvalue weighted by atomic mass is 16.5. The van der Waals surface area contributed by atoms with Gasteiger partial charge >= 0.3 is 0 Å². The Kier molecular flexibility index (Phi) is 8.66. The van der Waals surface area contributed by atoms with Gasteiger partial charge in [0.05, 0.1) is 27.4 Å². The van der Waals surface area contributed by atoms with Crippen molar-refractivity contribution in [2.75, 3.05) is 53.6 Å². The SMILES string of the molecule is CCc1cccc2c(C(CC(=O)NCCCN3CCOCC3)c3cc(OC)cc(OC)c3)c[nH]c12. The molecule has 4 rings (SSSR count). The number of carbonyl (C=O) groups excluding carboxylic acids is 1. The number of amides is 1. The first-order chi connectivity index (χ1) is 17.1. The summed E-state index contributed by atoms with van der Waals surface area (Å²) in [6.45, 7) is 7.32. The van der Waals surface area contributed by atoms with Gasteiger partial charge < -0.3 is 24.5 Å². The van der Waals surface area contributed by atoms with Gasteiger partial charge in [0.15, 0.2) is 0 Å². The third-order valence-electron chi connectivity index (χ3n) is 6.83. The van der Waals surface area contributed by atoms with E-state index in [2.05, 4.69) is 40.3 Å². The van der Waals surface area contributed by atoms with Crippen LogP contribution in [-0.2, 0) is 16.0 Å². The number of nitrogens with zero attached hydrogens (tertiary/aromatic N) is 1. The van der Waals surface area contributed by atoms with Crippen LogP contribution in [0.5, 0.6) is 11.5 Å². The molecule has 0 spiro atoms. The first-order valence-corrected chi connectivity index (χ1v) is 12.5. The maximum absolute atomic E-state index is 13.1. The zero-order chi connectivity index (χ0) is 24.6. The molecule has 2 heterocycles. The number of morpholine rings is 1. The maximum atomic E-state index is 13.1. The Morgan fingerprint density at radius 1 is 1.14 bits per heavy atom. The summed E-state index contributed by atoms with van der Waals surface area (Å²) in [5.74, 6) is 1.33. The van der Waals surface area contributed by atoms with E-state index in [0.29, 0.717) is 24.5 Å². The van der Waals surface area contributed by atoms with Gasteiger partial charge in [-0.1, -0.05) is 25.1 Å². The number of rotatable bonds is 11. The van der Waals surface area contributed by atoms with Crippen molar-refractivity contribution in [3.05, 3.63) is 59.3 Å². The second-order valence-electron chi connectivity index (χ2n) is 9.00. The summed E-state index contributed by atoms with van der Waals surface area (Å²) in [5.41, 5.74) is 4.50. The summed E-state index contributed by atoms with van der Waals surface area (Å²) in [5, 5.41) is 4.29. The number of H-pyrrole nitrogens is 1. The number of carbonyl (C=O) groups is 1. The number of aryl methyl sites for hydroxylation is 1. The molecule has 7 nitrogen and oxygen atoms in total. The van der Waals surface area contributed by atoms with Crippen molar-refractivity contribution >= 4 is 16.8 Å². The molecule has 1 atom stereocenters. The zero-order valence-electron chi connectivity index (χ0n) is 21.1. The second-order valence-corrected chi connectivity index (χ2v) is 9.00. The molecule has 1 aliphatic rings. The van der Waals surface area contributed by atoms with E-state index in [4.69, 9.17) is 14.2 Å². The quantitative estimate of drug-likeness (QED) is 0.405. The van der Waals surface area contributed by atoms with E-state index in [0.717, 1.165) is 67.7 Å². The standard InChI is InChI=1S/C28H37N3O4/c1-4-20-7-5-8-24-26(19-30-28(20)24)25(21-15-22(33-2)17-23(16-21)34-3)18-27(32)29-9-6-10-31-11-13-35-14-12-31/h5,7-8,15-17,19,25,30H,4,6,9-14,18H2,1-3H3,(H,29,32). The number of aromatic amines is 1. The number of hydrogen-bond acceptors (Lipinski definition) is 5. The van der Waals surface area contributed by atoms with Crippen molar-refractivity contribution in [2.45, 2.75) is 32.1 Å². The molecule has 0 radical (unpaired) electrons. The van der Waals surface area contributed by atoms with E-state index in [1.165, 1.54) is 5.56 Å². The van der Waals surface area contributed by atoms with Gasteiger partial charge in [0, 0.05) is 55.1 Å². The smallest absolute Gasteiger partial charge is 0.220 e. The Morgan fingerprint density at radius 3 is 2.57 bits per heavy atom. The van der Waals surface area contributed by atoms with E-state index < -0.39 is 0 Å². The first-order valence-electron chi connectivity index (χ1n) is 12.5. The van der Waals surface area contributed by atoms with E-state index >= 15 is 0 Å². The van der Waals surface area contributed by atoms with Crippen LogP contribution in [0.3, 0.4) is 0 Å². The average molecular weight is 480 g/mol. The number of hydrogen-bond donors (Lipinski definition) is 2. The number of aromatic nitrogens is 1. The number of para-hydroxylation sites is 1. The van der Waals surface area contributed by atoms with Crippen LogP contribution in [-0.4, -0.2) is 69.4 Å². The van der Waals surface area contributed by atoms with Crippen LogP contribution in [0.1, 0.15) is 42.4 Å². The highest BCUT2D eigenvalue weighted by molar-refractivity contribution is 5.88. The number of methoxy groups -OCH3 is 2. The Hall–Kier alpha value is -3.03. The van der Waals surface area contributed by atoms with Crippen LogP contribution in [0.4, 0.5) is 0 Å². The predicted molar refractivity (Wildman–Crippen MR) is 139 cm³/mol. The molecule has 1 aliphatic heterocycles. The van der Waals surface area contributed by atoms with E-state index in [9.17, 15) is 4.79 Å². The molecule has 35 heavy (non-hydrogen) atoms. The molecule has 0 saturated carbocycles. The van der Waals surface area contributed by atoms with Gasteiger partial charge in [-0.2, -0.15) is 0 Å². The molecule has 3 aromatic rings. The zero-order valence-corrected chi connectivity index (χ0v) is 21.1. The lowest BCUT2D eigenvalue weighted by Gasteiger charge is -2.26. The largest absolute Gasteiger partial charge is 0.497 e. The Labute approximate surface area is 207 Å². The lowest BCUT2D eigenvalue weighted by Crippen LogP contribution is -2.38. The second kappa shape index (κ2) is 12.1. The molecule has 2 N–H and O–H groups in total. The van der Waals surface area contributed by atoms with Gasteiger partial charge in [-0.3, -0.25) is 9.69 Å². The molecule has 188 valence electrons. The molecule has 2 aromatic carbocycles. The minimum Gasteiger partial charge on any atom is -0.497 e. The summed E-state index contributed by atoms with van der Waals surface area (Å²) < 4.78 is 16.5. The Balaban J connectivity index is 1.55. The third kappa shape index (κ3) is 6.16. The number of benzene rings is 2. The maximum Gasteiger partial charge on any atom is 0.220 e. The van der Waals surface area contributed by atoms with Crippen LogP contribution in [0.2, 0.25) is 0 Å². The fraction of sp³-hybridized carbons (Fsp3) is 0.464. The molecule has 7 heteroatoms. The van der Waals surface area contributed by atoms with Crippen LogP contribution in [0, 0.1) is 0 Å². The molecule has 1 unspecified atom stereocenters. The third-order valence-corrected chi connectivity index (χ3v) is 6.83. The van der Waals surface area contributed by atoms with Gasteiger partial charge in [-0.15, -0.1) is 0 Å². The topological polar surface area (TPSA) is 75.8 Å². The van der Waals surface area contributed by atoms with Gasteiger partial charge in [0.25, 0.3) is 0 Å². The van der Waals surface area contributed by atoms with Crippen LogP contribution >= 0.6 is 0 Å². The van der Waals surface area contributed by atoms with Gasteiger partial charge in [0.2, 0.25) is 5.91 Å². The lowest BCUT2D eigenvalue weighted by atomic mass is 9.87. The van der Waals surface area contributed by atoms with Crippen molar-refractivity contribution in [1.82, 2.24) is 15.2 Å². The molecule has 0 bridgehead atoms. The van der Waals surface area contributed by atoms with Crippen molar-refractivity contribution in [3.8, 4) is 11.5 Å². The molecular formula is C28H37N3O4. The van der Waals surface area contributed by atoms with Crippen molar-refractivity contribution in [2.24, 2.45) is 0 Å². The van der Waals surface area contributed by atoms with E-state index in [-0.39, 0.29) is 11.8 Å². The molecular weight excluding hydrogens is 442 g/mol.